The summed E-state index contributed by atoms with van der Waals surface area (Å²) in [5.41, 5.74) is 3.66. The Bertz CT molecular complexity index is 877. The highest BCUT2D eigenvalue weighted by Gasteiger charge is 2.12. The number of rotatable bonds is 5. The molecule has 0 unspecified atom stereocenters. The van der Waals surface area contributed by atoms with Gasteiger partial charge in [-0.25, -0.2) is 0 Å². The molecule has 0 spiro atoms. The molecule has 0 aliphatic heterocycles. The molecule has 130 valence electrons. The lowest BCUT2D eigenvalue weighted by molar-refractivity contribution is 0.0954. The Morgan fingerprint density at radius 2 is 2.00 bits per heavy atom. The SMILES string of the molecule is CC(C)(C)Nc1cncc(C(=O)NCCc2c[nH]c3ccccc23)c1. The van der Waals surface area contributed by atoms with Gasteiger partial charge in [-0.1, -0.05) is 18.2 Å². The Balaban J connectivity index is 1.60. The molecule has 0 bridgehead atoms. The number of aromatic nitrogens is 2. The number of hydrogen-bond acceptors (Lipinski definition) is 3. The number of anilines is 1. The van der Waals surface area contributed by atoms with Gasteiger partial charge in [0.25, 0.3) is 5.91 Å². The zero-order chi connectivity index (χ0) is 17.9. The van der Waals surface area contributed by atoms with Crippen LogP contribution in [0, 0.1) is 0 Å². The van der Waals surface area contributed by atoms with Crippen molar-refractivity contribution in [1.82, 2.24) is 15.3 Å². The Morgan fingerprint density at radius 1 is 1.20 bits per heavy atom. The van der Waals surface area contributed by atoms with Crippen molar-refractivity contribution in [3.8, 4) is 0 Å². The Morgan fingerprint density at radius 3 is 2.80 bits per heavy atom. The summed E-state index contributed by atoms with van der Waals surface area (Å²) < 4.78 is 0. The summed E-state index contributed by atoms with van der Waals surface area (Å²) in [4.78, 5) is 19.8. The van der Waals surface area contributed by atoms with Crippen molar-refractivity contribution >= 4 is 22.5 Å². The minimum absolute atomic E-state index is 0.0773. The second kappa shape index (κ2) is 6.97. The second-order valence-electron chi connectivity index (χ2n) is 7.20. The van der Waals surface area contributed by atoms with Crippen molar-refractivity contribution in [2.24, 2.45) is 0 Å². The van der Waals surface area contributed by atoms with Crippen LogP contribution in [0.2, 0.25) is 0 Å². The van der Waals surface area contributed by atoms with E-state index in [0.29, 0.717) is 12.1 Å². The van der Waals surface area contributed by atoms with Crippen LogP contribution in [0.15, 0.2) is 48.9 Å². The molecule has 0 atom stereocenters. The molecule has 25 heavy (non-hydrogen) atoms. The molecule has 3 N–H and O–H groups in total. The van der Waals surface area contributed by atoms with Gasteiger partial charge >= 0.3 is 0 Å². The summed E-state index contributed by atoms with van der Waals surface area (Å²) in [5.74, 6) is -0.107. The predicted molar refractivity (Wildman–Crippen MR) is 102 cm³/mol. The highest BCUT2D eigenvalue weighted by molar-refractivity contribution is 5.94. The van der Waals surface area contributed by atoms with Crippen LogP contribution >= 0.6 is 0 Å². The van der Waals surface area contributed by atoms with Gasteiger partial charge < -0.3 is 15.6 Å². The molecule has 0 saturated carbocycles. The molecular formula is C20H24N4O. The van der Waals surface area contributed by atoms with Crippen molar-refractivity contribution in [2.45, 2.75) is 32.7 Å². The standard InChI is InChI=1S/C20H24N4O/c1-20(2,3)24-16-10-15(11-21-13-16)19(25)22-9-8-14-12-23-18-7-5-4-6-17(14)18/h4-7,10-13,23-24H,8-9H2,1-3H3,(H,22,25). The van der Waals surface area contributed by atoms with Crippen LogP contribution in [0.25, 0.3) is 10.9 Å². The second-order valence-corrected chi connectivity index (χ2v) is 7.20. The van der Waals surface area contributed by atoms with Crippen LogP contribution in [0.3, 0.4) is 0 Å². The smallest absolute Gasteiger partial charge is 0.252 e. The molecule has 1 amide bonds. The summed E-state index contributed by atoms with van der Waals surface area (Å²) in [5, 5.41) is 7.50. The van der Waals surface area contributed by atoms with E-state index in [4.69, 9.17) is 0 Å². The molecule has 1 aromatic carbocycles. The van der Waals surface area contributed by atoms with Gasteiger partial charge in [-0.15, -0.1) is 0 Å². The zero-order valence-electron chi connectivity index (χ0n) is 14.9. The van der Waals surface area contributed by atoms with Gasteiger partial charge in [0.05, 0.1) is 11.3 Å². The molecule has 0 fully saturated rings. The Hall–Kier alpha value is -2.82. The molecule has 0 aliphatic rings. The van der Waals surface area contributed by atoms with Crippen LogP contribution < -0.4 is 10.6 Å². The number of para-hydroxylation sites is 1. The van der Waals surface area contributed by atoms with Crippen LogP contribution in [0.1, 0.15) is 36.7 Å². The summed E-state index contributed by atoms with van der Waals surface area (Å²) in [7, 11) is 0. The van der Waals surface area contributed by atoms with Gasteiger partial charge in [0, 0.05) is 41.6 Å². The number of carbonyl (C=O) groups excluding carboxylic acids is 1. The van der Waals surface area contributed by atoms with Gasteiger partial charge in [0.15, 0.2) is 0 Å². The fraction of sp³-hybridized carbons (Fsp3) is 0.300. The molecule has 5 nitrogen and oxygen atoms in total. The molecule has 5 heteroatoms. The van der Waals surface area contributed by atoms with E-state index in [0.717, 1.165) is 17.6 Å². The molecule has 0 saturated heterocycles. The fourth-order valence-electron chi connectivity index (χ4n) is 2.82. The summed E-state index contributed by atoms with van der Waals surface area (Å²) in [6.07, 6.45) is 6.11. The monoisotopic (exact) mass is 336 g/mol. The van der Waals surface area contributed by atoms with Crippen molar-refractivity contribution in [3.63, 3.8) is 0 Å². The first kappa shape index (κ1) is 17.0. The van der Waals surface area contributed by atoms with Crippen molar-refractivity contribution in [2.75, 3.05) is 11.9 Å². The lowest BCUT2D eigenvalue weighted by Gasteiger charge is -2.22. The topological polar surface area (TPSA) is 69.8 Å². The van der Waals surface area contributed by atoms with E-state index in [1.807, 2.05) is 24.4 Å². The molecule has 2 heterocycles. The maximum Gasteiger partial charge on any atom is 0.252 e. The summed E-state index contributed by atoms with van der Waals surface area (Å²) >= 11 is 0. The molecule has 2 aromatic heterocycles. The van der Waals surface area contributed by atoms with E-state index in [9.17, 15) is 4.79 Å². The average molecular weight is 336 g/mol. The zero-order valence-corrected chi connectivity index (χ0v) is 14.9. The van der Waals surface area contributed by atoms with Gasteiger partial charge in [-0.3, -0.25) is 9.78 Å². The lowest BCUT2D eigenvalue weighted by Crippen LogP contribution is -2.28. The van der Waals surface area contributed by atoms with Gasteiger partial charge in [0.2, 0.25) is 0 Å². The van der Waals surface area contributed by atoms with E-state index < -0.39 is 0 Å². The third kappa shape index (κ3) is 4.38. The van der Waals surface area contributed by atoms with E-state index in [1.54, 1.807) is 12.4 Å². The molecule has 0 radical (unpaired) electrons. The first-order valence-corrected chi connectivity index (χ1v) is 8.49. The number of nitrogens with one attached hydrogen (secondary N) is 3. The van der Waals surface area contributed by atoms with Crippen molar-refractivity contribution in [1.29, 1.82) is 0 Å². The number of hydrogen-bond donors (Lipinski definition) is 3. The largest absolute Gasteiger partial charge is 0.379 e. The van der Waals surface area contributed by atoms with Gasteiger partial charge in [-0.05, 0) is 44.9 Å². The summed E-state index contributed by atoms with van der Waals surface area (Å²) in [6, 6.07) is 10.0. The quantitative estimate of drug-likeness (QED) is 0.665. The Labute approximate surface area is 147 Å². The van der Waals surface area contributed by atoms with Crippen LogP contribution in [-0.4, -0.2) is 28.0 Å². The first-order valence-electron chi connectivity index (χ1n) is 8.49. The van der Waals surface area contributed by atoms with Crippen molar-refractivity contribution in [3.05, 3.63) is 60.0 Å². The van der Waals surface area contributed by atoms with Gasteiger partial charge in [0.1, 0.15) is 0 Å². The maximum atomic E-state index is 12.4. The fourth-order valence-corrected chi connectivity index (χ4v) is 2.82. The number of aromatic amines is 1. The molecule has 0 aliphatic carbocycles. The van der Waals surface area contributed by atoms with E-state index in [2.05, 4.69) is 53.5 Å². The number of benzene rings is 1. The highest BCUT2D eigenvalue weighted by Crippen LogP contribution is 2.18. The number of amides is 1. The minimum Gasteiger partial charge on any atom is -0.379 e. The van der Waals surface area contributed by atoms with Crippen LogP contribution in [0.5, 0.6) is 0 Å². The number of nitrogens with zero attached hydrogens (tertiary/aromatic N) is 1. The first-order chi connectivity index (χ1) is 11.9. The number of fused-ring (bicyclic) bond motifs is 1. The van der Waals surface area contributed by atoms with Gasteiger partial charge in [-0.2, -0.15) is 0 Å². The van der Waals surface area contributed by atoms with E-state index in [-0.39, 0.29) is 11.4 Å². The van der Waals surface area contributed by atoms with E-state index in [1.165, 1.54) is 10.9 Å². The lowest BCUT2D eigenvalue weighted by atomic mass is 10.1. The predicted octanol–water partition coefficient (Wildman–Crippen LogP) is 3.75. The summed E-state index contributed by atoms with van der Waals surface area (Å²) in [6.45, 7) is 6.79. The molecular weight excluding hydrogens is 312 g/mol. The van der Waals surface area contributed by atoms with Crippen molar-refractivity contribution < 1.29 is 4.79 Å². The maximum absolute atomic E-state index is 12.4. The van der Waals surface area contributed by atoms with Crippen LogP contribution in [-0.2, 0) is 6.42 Å². The third-order valence-corrected chi connectivity index (χ3v) is 3.87. The normalized spacial score (nSPS) is 11.5. The highest BCUT2D eigenvalue weighted by atomic mass is 16.1. The third-order valence-electron chi connectivity index (χ3n) is 3.87. The number of H-pyrrole nitrogens is 1. The number of pyridine rings is 1. The minimum atomic E-state index is -0.107. The molecule has 3 aromatic rings. The molecule has 3 rings (SSSR count). The van der Waals surface area contributed by atoms with E-state index >= 15 is 0 Å². The average Bonchev–Trinajstić information content (AvgIpc) is 2.97. The van der Waals surface area contributed by atoms with Crippen LogP contribution in [0.4, 0.5) is 5.69 Å². The number of carbonyl (C=O) groups is 1. The Kier molecular flexibility index (Phi) is 4.74.